The molecule has 1 saturated heterocycles. The summed E-state index contributed by atoms with van der Waals surface area (Å²) in [5.41, 5.74) is 0.651. The Morgan fingerprint density at radius 1 is 1.32 bits per heavy atom. The Morgan fingerprint density at radius 3 is 2.71 bits per heavy atom. The first-order chi connectivity index (χ1) is 13.4. The number of hydrogen-bond donors (Lipinski definition) is 1. The quantitative estimate of drug-likeness (QED) is 0.285. The van der Waals surface area contributed by atoms with Crippen molar-refractivity contribution in [2.24, 2.45) is 0 Å². The molecule has 0 saturated carbocycles. The molecule has 0 atom stereocenters. The summed E-state index contributed by atoms with van der Waals surface area (Å²) in [4.78, 5) is 36.9. The number of nitrogens with zero attached hydrogens (tertiary/aromatic N) is 1. The Hall–Kier alpha value is -1.79. The smallest absolute Gasteiger partial charge is 0.341 e. The molecule has 28 heavy (non-hydrogen) atoms. The molecule has 152 valence electrons. The van der Waals surface area contributed by atoms with Crippen LogP contribution in [0.5, 0.6) is 11.5 Å². The molecule has 1 aliphatic heterocycles. The predicted octanol–water partition coefficient (Wildman–Crippen LogP) is 3.23. The number of carboxylic acid groups (broad SMARTS) is 1. The number of thioether (sulfide) groups is 1. The lowest BCUT2D eigenvalue weighted by atomic mass is 10.2. The topological polar surface area (TPSA) is 102 Å². The van der Waals surface area contributed by atoms with Gasteiger partial charge >= 0.3 is 5.97 Å². The maximum Gasteiger partial charge on any atom is 0.341 e. The molecule has 1 heterocycles. The molecule has 2 rings (SSSR count). The first-order valence-corrected chi connectivity index (χ1v) is 10.3. The first-order valence-electron chi connectivity index (χ1n) is 8.42. The van der Waals surface area contributed by atoms with Crippen molar-refractivity contribution >= 4 is 57.5 Å². The fourth-order valence-electron chi connectivity index (χ4n) is 2.42. The average molecular weight is 521 g/mol. The van der Waals surface area contributed by atoms with Gasteiger partial charge in [-0.15, -0.1) is 0 Å². The molecule has 1 aromatic carbocycles. The van der Waals surface area contributed by atoms with Crippen LogP contribution in [0.1, 0.15) is 18.9 Å². The average Bonchev–Trinajstić information content (AvgIpc) is 2.88. The molecule has 0 aromatic heterocycles. The maximum atomic E-state index is 12.5. The lowest BCUT2D eigenvalue weighted by molar-refractivity contribution is -0.139. The monoisotopic (exact) mass is 521 g/mol. The minimum Gasteiger partial charge on any atom is -0.490 e. The van der Waals surface area contributed by atoms with Gasteiger partial charge in [-0.2, -0.15) is 0 Å². The van der Waals surface area contributed by atoms with Crippen LogP contribution in [0.2, 0.25) is 0 Å². The molecule has 8 nitrogen and oxygen atoms in total. The van der Waals surface area contributed by atoms with E-state index in [0.29, 0.717) is 51.7 Å². The minimum atomic E-state index is -1.09. The molecule has 0 radical (unpaired) electrons. The van der Waals surface area contributed by atoms with E-state index in [1.807, 2.05) is 22.6 Å². The number of benzene rings is 1. The number of hydrogen-bond acceptors (Lipinski definition) is 7. The fourth-order valence-corrected chi connectivity index (χ4v) is 4.07. The van der Waals surface area contributed by atoms with Crippen LogP contribution in [0.25, 0.3) is 6.08 Å². The summed E-state index contributed by atoms with van der Waals surface area (Å²) in [7, 11) is 1.56. The third-order valence-electron chi connectivity index (χ3n) is 3.57. The highest BCUT2D eigenvalue weighted by molar-refractivity contribution is 14.1. The van der Waals surface area contributed by atoms with E-state index in [4.69, 9.17) is 19.3 Å². The second-order valence-electron chi connectivity index (χ2n) is 5.63. The zero-order chi connectivity index (χ0) is 20.7. The Bertz CT molecular complexity index is 796. The van der Waals surface area contributed by atoms with Crippen molar-refractivity contribution in [1.82, 2.24) is 4.90 Å². The second-order valence-corrected chi connectivity index (χ2v) is 7.78. The fraction of sp³-hybridized carbons (Fsp3) is 0.389. The number of carboxylic acids is 1. The van der Waals surface area contributed by atoms with Gasteiger partial charge in [0.25, 0.3) is 11.1 Å². The summed E-state index contributed by atoms with van der Waals surface area (Å²) in [6.07, 6.45) is 2.19. The van der Waals surface area contributed by atoms with E-state index in [0.717, 1.165) is 11.8 Å². The van der Waals surface area contributed by atoms with Crippen molar-refractivity contribution in [3.05, 3.63) is 26.2 Å². The van der Waals surface area contributed by atoms with Crippen LogP contribution in [-0.4, -0.2) is 60.6 Å². The number of halogens is 1. The zero-order valence-corrected chi connectivity index (χ0v) is 18.4. The molecule has 0 unspecified atom stereocenters. The molecule has 1 aliphatic rings. The van der Waals surface area contributed by atoms with Gasteiger partial charge in [0.15, 0.2) is 18.1 Å². The van der Waals surface area contributed by atoms with Gasteiger partial charge in [-0.05, 0) is 71.5 Å². The Morgan fingerprint density at radius 2 is 2.07 bits per heavy atom. The summed E-state index contributed by atoms with van der Waals surface area (Å²) >= 11 is 2.89. The summed E-state index contributed by atoms with van der Waals surface area (Å²) < 4.78 is 16.5. The van der Waals surface area contributed by atoms with Crippen molar-refractivity contribution in [3.63, 3.8) is 0 Å². The van der Waals surface area contributed by atoms with Crippen LogP contribution in [0.4, 0.5) is 4.79 Å². The SMILES string of the molecule is CCOc1cc(/C=C2/SC(=O)N(CCCOC)C2=O)cc(I)c1OCC(=O)O. The van der Waals surface area contributed by atoms with Crippen LogP contribution in [-0.2, 0) is 14.3 Å². The van der Waals surface area contributed by atoms with E-state index in [2.05, 4.69) is 0 Å². The van der Waals surface area contributed by atoms with E-state index >= 15 is 0 Å². The molecule has 0 spiro atoms. The van der Waals surface area contributed by atoms with Gasteiger partial charge in [0.05, 0.1) is 15.1 Å². The lowest BCUT2D eigenvalue weighted by Gasteiger charge is -2.14. The number of rotatable bonds is 10. The van der Waals surface area contributed by atoms with E-state index in [1.54, 1.807) is 32.2 Å². The van der Waals surface area contributed by atoms with Crippen molar-refractivity contribution < 1.29 is 33.7 Å². The van der Waals surface area contributed by atoms with Gasteiger partial charge in [0.2, 0.25) is 0 Å². The van der Waals surface area contributed by atoms with Gasteiger partial charge < -0.3 is 19.3 Å². The highest BCUT2D eigenvalue weighted by Gasteiger charge is 2.34. The summed E-state index contributed by atoms with van der Waals surface area (Å²) in [5, 5.41) is 8.51. The Kier molecular flexibility index (Phi) is 8.58. The van der Waals surface area contributed by atoms with Crippen LogP contribution < -0.4 is 9.47 Å². The molecular formula is C18H20INO7S. The van der Waals surface area contributed by atoms with Gasteiger partial charge in [0, 0.05) is 20.3 Å². The van der Waals surface area contributed by atoms with Crippen LogP contribution in [0.15, 0.2) is 17.0 Å². The number of carbonyl (C=O) groups is 3. The molecule has 1 N–H and O–H groups in total. The van der Waals surface area contributed by atoms with E-state index in [-0.39, 0.29) is 11.1 Å². The molecule has 1 fully saturated rings. The number of methoxy groups -OCH3 is 1. The normalized spacial score (nSPS) is 15.4. The van der Waals surface area contributed by atoms with E-state index in [9.17, 15) is 14.4 Å². The van der Waals surface area contributed by atoms with Gasteiger partial charge in [0.1, 0.15) is 0 Å². The van der Waals surface area contributed by atoms with Gasteiger partial charge in [-0.25, -0.2) is 4.79 Å². The first kappa shape index (κ1) is 22.5. The van der Waals surface area contributed by atoms with Gasteiger partial charge in [-0.1, -0.05) is 0 Å². The third-order valence-corrected chi connectivity index (χ3v) is 5.28. The van der Waals surface area contributed by atoms with Crippen molar-refractivity contribution in [1.29, 1.82) is 0 Å². The Labute approximate surface area is 180 Å². The number of carbonyl (C=O) groups excluding carboxylic acids is 2. The maximum absolute atomic E-state index is 12.5. The predicted molar refractivity (Wildman–Crippen MR) is 113 cm³/mol. The molecular weight excluding hydrogens is 501 g/mol. The minimum absolute atomic E-state index is 0.305. The highest BCUT2D eigenvalue weighted by atomic mass is 127. The van der Waals surface area contributed by atoms with Crippen molar-refractivity contribution in [2.45, 2.75) is 13.3 Å². The molecule has 0 aliphatic carbocycles. The molecule has 1 aromatic rings. The molecule has 2 amide bonds. The molecule has 0 bridgehead atoms. The highest BCUT2D eigenvalue weighted by Crippen LogP contribution is 2.37. The third kappa shape index (κ3) is 5.85. The standard InChI is InChI=1S/C18H20INO7S/c1-3-26-13-8-11(7-12(19)16(13)27-10-15(21)22)9-14-17(23)20(18(24)28-14)5-4-6-25-2/h7-9H,3-6,10H2,1-2H3,(H,21,22)/b14-9+. The van der Waals surface area contributed by atoms with Gasteiger partial charge in [-0.3, -0.25) is 14.5 Å². The summed E-state index contributed by atoms with van der Waals surface area (Å²) in [5.74, 6) is -0.731. The summed E-state index contributed by atoms with van der Waals surface area (Å²) in [6, 6.07) is 3.39. The second kappa shape index (κ2) is 10.7. The number of aliphatic carboxylic acids is 1. The largest absolute Gasteiger partial charge is 0.490 e. The van der Waals surface area contributed by atoms with E-state index < -0.39 is 12.6 Å². The van der Waals surface area contributed by atoms with Crippen molar-refractivity contribution in [3.8, 4) is 11.5 Å². The Balaban J connectivity index is 2.26. The van der Waals surface area contributed by atoms with E-state index in [1.165, 1.54) is 4.90 Å². The van der Waals surface area contributed by atoms with Crippen LogP contribution in [0.3, 0.4) is 0 Å². The number of ether oxygens (including phenoxy) is 3. The lowest BCUT2D eigenvalue weighted by Crippen LogP contribution is -2.29. The number of imide groups is 1. The van der Waals surface area contributed by atoms with Crippen LogP contribution in [0, 0.1) is 3.57 Å². The van der Waals surface area contributed by atoms with Crippen molar-refractivity contribution in [2.75, 3.05) is 33.5 Å². The summed E-state index contributed by atoms with van der Waals surface area (Å²) in [6.45, 7) is 2.44. The molecule has 10 heteroatoms. The van der Waals surface area contributed by atoms with Crippen LogP contribution >= 0.6 is 34.4 Å². The number of amides is 2. The zero-order valence-electron chi connectivity index (χ0n) is 15.4.